The van der Waals surface area contributed by atoms with Gasteiger partial charge < -0.3 is 19.0 Å². The minimum absolute atomic E-state index is 0.0195. The van der Waals surface area contributed by atoms with E-state index < -0.39 is 20.3 Å². The highest BCUT2D eigenvalue weighted by molar-refractivity contribution is 6.74. The maximum absolute atomic E-state index is 13.3. The Morgan fingerprint density at radius 3 is 2.46 bits per heavy atom. The van der Waals surface area contributed by atoms with Gasteiger partial charge in [-0.05, 0) is 29.8 Å². The SMILES string of the molecule is CC(C)(C)[Si](C)(C)OC/C=C/c1cn(Cc2ccccc2)c(=O)c(N2CCN(C(=O)O)C(=O)C2)n1. The summed E-state index contributed by atoms with van der Waals surface area (Å²) in [4.78, 5) is 43.7. The van der Waals surface area contributed by atoms with Gasteiger partial charge in [0.25, 0.3) is 11.5 Å². The second-order valence-corrected chi connectivity index (χ2v) is 14.9. The highest BCUT2D eigenvalue weighted by atomic mass is 28.4. The summed E-state index contributed by atoms with van der Waals surface area (Å²) in [6.45, 7) is 11.7. The number of rotatable bonds is 7. The lowest BCUT2D eigenvalue weighted by molar-refractivity contribution is -0.128. The van der Waals surface area contributed by atoms with Gasteiger partial charge in [-0.3, -0.25) is 9.59 Å². The molecule has 0 spiro atoms. The van der Waals surface area contributed by atoms with Crippen LogP contribution in [0.3, 0.4) is 0 Å². The monoisotopic (exact) mass is 498 g/mol. The van der Waals surface area contributed by atoms with Gasteiger partial charge in [0, 0.05) is 19.3 Å². The molecule has 188 valence electrons. The lowest BCUT2D eigenvalue weighted by atomic mass is 10.2. The summed E-state index contributed by atoms with van der Waals surface area (Å²) in [5, 5.41) is 9.28. The molecule has 0 unspecified atom stereocenters. The van der Waals surface area contributed by atoms with Crippen molar-refractivity contribution >= 4 is 32.2 Å². The normalized spacial score (nSPS) is 15.2. The lowest BCUT2D eigenvalue weighted by Crippen LogP contribution is -2.53. The Bertz CT molecular complexity index is 1150. The number of nitrogens with zero attached hydrogens (tertiary/aromatic N) is 4. The molecule has 1 saturated heterocycles. The second kappa shape index (κ2) is 10.6. The molecule has 9 nitrogen and oxygen atoms in total. The largest absolute Gasteiger partial charge is 0.465 e. The van der Waals surface area contributed by atoms with E-state index in [2.05, 4.69) is 38.8 Å². The maximum atomic E-state index is 13.3. The first-order valence-corrected chi connectivity index (χ1v) is 14.5. The molecule has 1 aromatic carbocycles. The summed E-state index contributed by atoms with van der Waals surface area (Å²) in [6.07, 6.45) is 4.10. The number of hydrogen-bond donors (Lipinski definition) is 1. The predicted octanol–water partition coefficient (Wildman–Crippen LogP) is 3.65. The van der Waals surface area contributed by atoms with Gasteiger partial charge in [0.1, 0.15) is 0 Å². The van der Waals surface area contributed by atoms with Crippen molar-refractivity contribution in [2.24, 2.45) is 0 Å². The number of aromatic nitrogens is 2. The van der Waals surface area contributed by atoms with Crippen LogP contribution in [0.15, 0.2) is 47.4 Å². The highest BCUT2D eigenvalue weighted by Crippen LogP contribution is 2.36. The van der Waals surface area contributed by atoms with Crippen LogP contribution in [-0.4, -0.2) is 66.1 Å². The third-order valence-electron chi connectivity index (χ3n) is 6.56. The zero-order valence-corrected chi connectivity index (χ0v) is 22.0. The van der Waals surface area contributed by atoms with Crippen LogP contribution in [0.1, 0.15) is 32.0 Å². The maximum Gasteiger partial charge on any atom is 0.414 e. The van der Waals surface area contributed by atoms with E-state index in [1.54, 1.807) is 15.7 Å². The predicted molar refractivity (Wildman–Crippen MR) is 138 cm³/mol. The van der Waals surface area contributed by atoms with Crippen molar-refractivity contribution in [1.82, 2.24) is 14.5 Å². The fraction of sp³-hybridized carbons (Fsp3) is 0.440. The first kappa shape index (κ1) is 26.4. The molecule has 10 heteroatoms. The Labute approximate surface area is 206 Å². The molecular weight excluding hydrogens is 464 g/mol. The standard InChI is InChI=1S/C25H34N4O5Si/c1-25(2,3)35(4,5)34-15-9-12-20-17-28(16-19-10-7-6-8-11-19)23(31)22(26-20)27-13-14-29(24(32)33)21(30)18-27/h6-12,17H,13-16,18H2,1-5H3,(H,32,33)/b12-9+. The molecule has 0 atom stereocenters. The first-order valence-electron chi connectivity index (χ1n) is 11.6. The van der Waals surface area contributed by atoms with Crippen molar-refractivity contribution in [3.05, 3.63) is 64.2 Å². The third kappa shape index (κ3) is 6.46. The molecule has 2 heterocycles. The quantitative estimate of drug-likeness (QED) is 0.581. The van der Waals surface area contributed by atoms with Crippen LogP contribution in [0.4, 0.5) is 10.6 Å². The molecule has 3 rings (SSSR count). The van der Waals surface area contributed by atoms with Gasteiger partial charge >= 0.3 is 6.09 Å². The Hall–Kier alpha value is -3.24. The Morgan fingerprint density at radius 2 is 1.86 bits per heavy atom. The Morgan fingerprint density at radius 1 is 1.17 bits per heavy atom. The summed E-state index contributed by atoms with van der Waals surface area (Å²) >= 11 is 0. The second-order valence-electron chi connectivity index (χ2n) is 10.1. The molecule has 1 aliphatic rings. The number of anilines is 1. The molecule has 1 aromatic heterocycles. The van der Waals surface area contributed by atoms with Gasteiger partial charge in [-0.15, -0.1) is 0 Å². The van der Waals surface area contributed by atoms with Crippen LogP contribution >= 0.6 is 0 Å². The molecule has 2 aromatic rings. The van der Waals surface area contributed by atoms with Crippen LogP contribution in [0.25, 0.3) is 6.08 Å². The fourth-order valence-corrected chi connectivity index (χ4v) is 4.37. The van der Waals surface area contributed by atoms with Gasteiger partial charge in [-0.1, -0.05) is 57.2 Å². The molecule has 0 saturated carbocycles. The molecule has 0 aliphatic carbocycles. The van der Waals surface area contributed by atoms with E-state index in [1.807, 2.05) is 42.5 Å². The first-order chi connectivity index (χ1) is 16.4. The van der Waals surface area contributed by atoms with Gasteiger partial charge in [0.05, 0.1) is 25.4 Å². The zero-order chi connectivity index (χ0) is 25.8. The van der Waals surface area contributed by atoms with E-state index >= 15 is 0 Å². The number of piperazine rings is 1. The number of carboxylic acid groups (broad SMARTS) is 1. The summed E-state index contributed by atoms with van der Waals surface area (Å²) in [6, 6.07) is 9.60. The molecular formula is C25H34N4O5Si. The Balaban J connectivity index is 1.89. The summed E-state index contributed by atoms with van der Waals surface area (Å²) < 4.78 is 7.77. The minimum atomic E-state index is -1.90. The molecule has 1 aliphatic heterocycles. The molecule has 1 fully saturated rings. The van der Waals surface area contributed by atoms with E-state index in [1.165, 1.54) is 0 Å². The van der Waals surface area contributed by atoms with Crippen molar-refractivity contribution in [3.63, 3.8) is 0 Å². The topological polar surface area (TPSA) is 105 Å². The number of hydrogen-bond acceptors (Lipinski definition) is 6. The van der Waals surface area contributed by atoms with Crippen LogP contribution in [0.2, 0.25) is 18.1 Å². The zero-order valence-electron chi connectivity index (χ0n) is 21.0. The average molecular weight is 499 g/mol. The summed E-state index contributed by atoms with van der Waals surface area (Å²) in [5.74, 6) is -0.449. The number of benzene rings is 1. The van der Waals surface area contributed by atoms with Crippen molar-refractivity contribution < 1.29 is 19.1 Å². The van der Waals surface area contributed by atoms with Gasteiger partial charge in [-0.2, -0.15) is 0 Å². The Kier molecular flexibility index (Phi) is 7.96. The smallest absolute Gasteiger partial charge is 0.414 e. The van der Waals surface area contributed by atoms with Gasteiger partial charge in [0.2, 0.25) is 0 Å². The van der Waals surface area contributed by atoms with E-state index in [-0.39, 0.29) is 36.0 Å². The van der Waals surface area contributed by atoms with Crippen molar-refractivity contribution in [3.8, 4) is 0 Å². The number of amides is 2. The highest BCUT2D eigenvalue weighted by Gasteiger charge is 2.36. The van der Waals surface area contributed by atoms with Crippen LogP contribution in [-0.2, 0) is 15.8 Å². The molecule has 2 amide bonds. The molecule has 1 N–H and O–H groups in total. The summed E-state index contributed by atoms with van der Waals surface area (Å²) in [5.41, 5.74) is 1.18. The third-order valence-corrected chi connectivity index (χ3v) is 11.1. The van der Waals surface area contributed by atoms with Gasteiger partial charge in [-0.25, -0.2) is 14.7 Å². The van der Waals surface area contributed by atoms with E-state index in [0.29, 0.717) is 18.8 Å². The van der Waals surface area contributed by atoms with E-state index in [9.17, 15) is 19.5 Å². The minimum Gasteiger partial charge on any atom is -0.465 e. The summed E-state index contributed by atoms with van der Waals surface area (Å²) in [7, 11) is -1.90. The molecule has 0 bridgehead atoms. The van der Waals surface area contributed by atoms with Crippen molar-refractivity contribution in [2.45, 2.75) is 45.4 Å². The number of imide groups is 1. The van der Waals surface area contributed by atoms with E-state index in [4.69, 9.17) is 4.43 Å². The van der Waals surface area contributed by atoms with E-state index in [0.717, 1.165) is 10.5 Å². The fourth-order valence-electron chi connectivity index (χ4n) is 3.43. The van der Waals surface area contributed by atoms with Crippen LogP contribution in [0.5, 0.6) is 0 Å². The van der Waals surface area contributed by atoms with Gasteiger partial charge in [0.15, 0.2) is 14.1 Å². The van der Waals surface area contributed by atoms with Crippen molar-refractivity contribution in [2.75, 3.05) is 31.1 Å². The van der Waals surface area contributed by atoms with Crippen LogP contribution in [0, 0.1) is 0 Å². The molecule has 0 radical (unpaired) electrons. The number of carbonyl (C=O) groups is 2. The molecule has 35 heavy (non-hydrogen) atoms. The van der Waals surface area contributed by atoms with Crippen LogP contribution < -0.4 is 10.5 Å². The van der Waals surface area contributed by atoms with Crippen molar-refractivity contribution in [1.29, 1.82) is 0 Å². The number of carbonyl (C=O) groups excluding carboxylic acids is 1. The lowest BCUT2D eigenvalue weighted by Gasteiger charge is -2.35. The average Bonchev–Trinajstić information content (AvgIpc) is 2.78.